The van der Waals surface area contributed by atoms with Gasteiger partial charge < -0.3 is 4.74 Å². The smallest absolute Gasteiger partial charge is 0.120 e. The molecular weight excluding hydrogens is 222 g/mol. The molecule has 1 atom stereocenters. The Bertz CT molecular complexity index is 327. The van der Waals surface area contributed by atoms with Crippen LogP contribution in [0.1, 0.15) is 18.4 Å². The number of rotatable bonds is 4. The van der Waals surface area contributed by atoms with E-state index < -0.39 is 0 Å². The molecule has 0 saturated carbocycles. The Morgan fingerprint density at radius 2 is 2.38 bits per heavy atom. The molecule has 0 radical (unpaired) electrons. The molecule has 1 fully saturated rings. The van der Waals surface area contributed by atoms with Crippen LogP contribution in [-0.4, -0.2) is 17.6 Å². The molecule has 4 heteroatoms. The first-order chi connectivity index (χ1) is 7.88. The predicted octanol–water partition coefficient (Wildman–Crippen LogP) is 2.35. The van der Waals surface area contributed by atoms with Crippen LogP contribution >= 0.6 is 11.8 Å². The second-order valence-electron chi connectivity index (χ2n) is 3.92. The highest BCUT2D eigenvalue weighted by atomic mass is 32.2. The Morgan fingerprint density at radius 1 is 1.44 bits per heavy atom. The first-order valence-electron chi connectivity index (χ1n) is 5.53. The molecule has 1 unspecified atom stereocenters. The highest BCUT2D eigenvalue weighted by Crippen LogP contribution is 2.23. The molecule has 0 spiro atoms. The fourth-order valence-electron chi connectivity index (χ4n) is 1.80. The van der Waals surface area contributed by atoms with Crippen LogP contribution in [-0.2, 0) is 11.4 Å². The summed E-state index contributed by atoms with van der Waals surface area (Å²) in [6, 6.07) is 7.93. The lowest BCUT2D eigenvalue weighted by Crippen LogP contribution is -2.23. The van der Waals surface area contributed by atoms with E-state index in [0.29, 0.717) is 12.7 Å². The fourth-order valence-corrected chi connectivity index (χ4v) is 2.84. The van der Waals surface area contributed by atoms with Crippen molar-refractivity contribution < 1.29 is 9.57 Å². The maximum absolute atomic E-state index is 5.93. The van der Waals surface area contributed by atoms with Gasteiger partial charge in [0.05, 0.1) is 6.61 Å². The Labute approximate surface area is 100 Å². The summed E-state index contributed by atoms with van der Waals surface area (Å²) in [5, 5.41) is 0. The minimum atomic E-state index is 0.354. The third-order valence-corrected chi connectivity index (χ3v) is 3.75. The summed E-state index contributed by atoms with van der Waals surface area (Å²) in [6.45, 7) is 0.427. The zero-order valence-electron chi connectivity index (χ0n) is 9.22. The molecule has 0 amide bonds. The average molecular weight is 239 g/mol. The molecule has 3 nitrogen and oxygen atoms in total. The van der Waals surface area contributed by atoms with Crippen molar-refractivity contribution in [2.75, 3.05) is 11.5 Å². The first kappa shape index (κ1) is 11.8. The van der Waals surface area contributed by atoms with Gasteiger partial charge in [0.15, 0.2) is 0 Å². The standard InChI is InChI=1S/C12H17NO2S/c13-14-8-10-3-1-4-11(7-10)15-12-5-2-6-16-9-12/h1,3-4,7,12H,2,5-6,8-9,13H2. The van der Waals surface area contributed by atoms with Crippen molar-refractivity contribution in [1.29, 1.82) is 0 Å². The lowest BCUT2D eigenvalue weighted by molar-refractivity contribution is 0.123. The highest BCUT2D eigenvalue weighted by molar-refractivity contribution is 7.99. The molecule has 2 N–H and O–H groups in total. The zero-order chi connectivity index (χ0) is 11.2. The summed E-state index contributed by atoms with van der Waals surface area (Å²) in [6.07, 6.45) is 2.76. The molecule has 0 bridgehead atoms. The van der Waals surface area contributed by atoms with Crippen LogP contribution in [0.2, 0.25) is 0 Å². The molecule has 1 heterocycles. The van der Waals surface area contributed by atoms with Gasteiger partial charge >= 0.3 is 0 Å². The number of ether oxygens (including phenoxy) is 1. The van der Waals surface area contributed by atoms with Gasteiger partial charge in [-0.2, -0.15) is 11.8 Å². The van der Waals surface area contributed by atoms with Crippen molar-refractivity contribution in [2.45, 2.75) is 25.6 Å². The van der Waals surface area contributed by atoms with E-state index in [9.17, 15) is 0 Å². The van der Waals surface area contributed by atoms with Crippen LogP contribution in [0.25, 0.3) is 0 Å². The SMILES string of the molecule is NOCc1cccc(OC2CCCSC2)c1. The van der Waals surface area contributed by atoms with E-state index in [2.05, 4.69) is 4.84 Å². The van der Waals surface area contributed by atoms with Crippen molar-refractivity contribution in [3.8, 4) is 5.75 Å². The molecule has 1 saturated heterocycles. The third-order valence-electron chi connectivity index (χ3n) is 2.57. The largest absolute Gasteiger partial charge is 0.490 e. The van der Waals surface area contributed by atoms with Crippen molar-refractivity contribution in [1.82, 2.24) is 0 Å². The molecule has 88 valence electrons. The molecule has 0 aliphatic carbocycles. The van der Waals surface area contributed by atoms with Gasteiger partial charge in [-0.1, -0.05) is 12.1 Å². The van der Waals surface area contributed by atoms with Crippen LogP contribution < -0.4 is 10.6 Å². The molecule has 1 aromatic carbocycles. The van der Waals surface area contributed by atoms with Gasteiger partial charge in [0.2, 0.25) is 0 Å². The Hall–Kier alpha value is -0.710. The topological polar surface area (TPSA) is 44.5 Å². The van der Waals surface area contributed by atoms with Crippen LogP contribution in [0.3, 0.4) is 0 Å². The van der Waals surface area contributed by atoms with Crippen LogP contribution in [0.4, 0.5) is 0 Å². The Kier molecular flexibility index (Phi) is 4.51. The van der Waals surface area contributed by atoms with Crippen LogP contribution in [0, 0.1) is 0 Å². The summed E-state index contributed by atoms with van der Waals surface area (Å²) < 4.78 is 5.93. The fraction of sp³-hybridized carbons (Fsp3) is 0.500. The normalized spacial score (nSPS) is 20.7. The summed E-state index contributed by atoms with van der Waals surface area (Å²) in [5.41, 5.74) is 1.04. The maximum Gasteiger partial charge on any atom is 0.120 e. The molecule has 0 aromatic heterocycles. The van der Waals surface area contributed by atoms with Crippen LogP contribution in [0.15, 0.2) is 24.3 Å². The van der Waals surface area contributed by atoms with E-state index in [1.54, 1.807) is 0 Å². The predicted molar refractivity (Wildman–Crippen MR) is 66.4 cm³/mol. The van der Waals surface area contributed by atoms with Gasteiger partial charge in [-0.05, 0) is 36.3 Å². The highest BCUT2D eigenvalue weighted by Gasteiger charge is 2.15. The number of hydrogen-bond acceptors (Lipinski definition) is 4. The van der Waals surface area contributed by atoms with E-state index in [4.69, 9.17) is 10.6 Å². The van der Waals surface area contributed by atoms with Crippen molar-refractivity contribution in [3.05, 3.63) is 29.8 Å². The molecule has 16 heavy (non-hydrogen) atoms. The molecule has 1 aromatic rings. The Balaban J connectivity index is 1.94. The van der Waals surface area contributed by atoms with E-state index in [0.717, 1.165) is 23.5 Å². The van der Waals surface area contributed by atoms with Gasteiger partial charge in [-0.3, -0.25) is 4.84 Å². The summed E-state index contributed by atoms with van der Waals surface area (Å²) in [4.78, 5) is 4.61. The second kappa shape index (κ2) is 6.13. The molecular formula is C12H17NO2S. The minimum Gasteiger partial charge on any atom is -0.490 e. The average Bonchev–Trinajstić information content (AvgIpc) is 2.31. The van der Waals surface area contributed by atoms with Crippen molar-refractivity contribution >= 4 is 11.8 Å². The quantitative estimate of drug-likeness (QED) is 0.819. The van der Waals surface area contributed by atoms with Gasteiger partial charge in [0, 0.05) is 5.75 Å². The van der Waals surface area contributed by atoms with E-state index >= 15 is 0 Å². The van der Waals surface area contributed by atoms with E-state index in [1.165, 1.54) is 12.2 Å². The van der Waals surface area contributed by atoms with Crippen molar-refractivity contribution in [3.63, 3.8) is 0 Å². The van der Waals surface area contributed by atoms with Gasteiger partial charge in [0.25, 0.3) is 0 Å². The summed E-state index contributed by atoms with van der Waals surface area (Å²) in [7, 11) is 0. The molecule has 1 aliphatic rings. The number of hydrogen-bond donors (Lipinski definition) is 1. The number of nitrogens with two attached hydrogens (primary N) is 1. The van der Waals surface area contributed by atoms with E-state index in [-0.39, 0.29) is 0 Å². The summed E-state index contributed by atoms with van der Waals surface area (Å²) >= 11 is 1.97. The van der Waals surface area contributed by atoms with Gasteiger partial charge in [-0.25, -0.2) is 5.90 Å². The molecule has 1 aliphatic heterocycles. The Morgan fingerprint density at radius 3 is 3.12 bits per heavy atom. The number of benzene rings is 1. The monoisotopic (exact) mass is 239 g/mol. The lowest BCUT2D eigenvalue weighted by atomic mass is 10.2. The van der Waals surface area contributed by atoms with E-state index in [1.807, 2.05) is 36.0 Å². The maximum atomic E-state index is 5.93. The second-order valence-corrected chi connectivity index (χ2v) is 5.07. The number of thioether (sulfide) groups is 1. The minimum absolute atomic E-state index is 0.354. The van der Waals surface area contributed by atoms with Crippen molar-refractivity contribution in [2.24, 2.45) is 5.90 Å². The van der Waals surface area contributed by atoms with Gasteiger partial charge in [-0.15, -0.1) is 0 Å². The molecule has 2 rings (SSSR count). The first-order valence-corrected chi connectivity index (χ1v) is 6.69. The van der Waals surface area contributed by atoms with Crippen LogP contribution in [0.5, 0.6) is 5.75 Å². The van der Waals surface area contributed by atoms with Gasteiger partial charge in [0.1, 0.15) is 11.9 Å². The zero-order valence-corrected chi connectivity index (χ0v) is 10.0. The third kappa shape index (κ3) is 3.40. The summed E-state index contributed by atoms with van der Waals surface area (Å²) in [5.74, 6) is 8.33. The lowest BCUT2D eigenvalue weighted by Gasteiger charge is -2.22.